The lowest BCUT2D eigenvalue weighted by Gasteiger charge is -2.42. The lowest BCUT2D eigenvalue weighted by atomic mass is 9.83. The van der Waals surface area contributed by atoms with Gasteiger partial charge in [-0.3, -0.25) is 0 Å². The summed E-state index contributed by atoms with van der Waals surface area (Å²) >= 11 is 0. The summed E-state index contributed by atoms with van der Waals surface area (Å²) in [7, 11) is 3.00. The van der Waals surface area contributed by atoms with E-state index in [1.165, 1.54) is 5.19 Å². The minimum atomic E-state index is -1.60. The van der Waals surface area contributed by atoms with Crippen molar-refractivity contribution in [2.24, 2.45) is 0 Å². The van der Waals surface area contributed by atoms with Crippen LogP contribution in [0.1, 0.15) is 27.7 Å². The lowest BCUT2D eigenvalue weighted by molar-refractivity contribution is 0.134. The van der Waals surface area contributed by atoms with Crippen molar-refractivity contribution < 1.29 is 0 Å². The number of hydrogen-bond acceptors (Lipinski definition) is 2. The molecule has 0 bridgehead atoms. The molecule has 0 amide bonds. The fourth-order valence-electron chi connectivity index (χ4n) is 3.72. The highest BCUT2D eigenvalue weighted by molar-refractivity contribution is 7.36. The molecule has 1 fully saturated rings. The van der Waals surface area contributed by atoms with Crippen LogP contribution < -0.4 is 5.19 Å². The van der Waals surface area contributed by atoms with Gasteiger partial charge in [-0.25, -0.2) is 0 Å². The maximum atomic E-state index is 2.60. The monoisotopic (exact) mass is 288 g/mol. The van der Waals surface area contributed by atoms with Gasteiger partial charge < -0.3 is 9.62 Å². The third-order valence-corrected chi connectivity index (χ3v) is 10.0. The predicted molar refractivity (Wildman–Crippen MR) is 93.0 cm³/mol. The zero-order valence-corrected chi connectivity index (χ0v) is 15.4. The summed E-state index contributed by atoms with van der Waals surface area (Å²) in [5, 5.41) is 1.54. The van der Waals surface area contributed by atoms with Crippen LogP contribution in [0.3, 0.4) is 0 Å². The topological polar surface area (TPSA) is 6.48 Å². The van der Waals surface area contributed by atoms with E-state index < -0.39 is 7.94 Å². The van der Waals surface area contributed by atoms with Gasteiger partial charge in [0.15, 0.2) is 0 Å². The lowest BCUT2D eigenvalue weighted by Crippen LogP contribution is -2.67. The Morgan fingerprint density at radius 3 is 1.65 bits per heavy atom. The van der Waals surface area contributed by atoms with Gasteiger partial charge in [0.05, 0.1) is 7.94 Å². The second kappa shape index (κ2) is 4.72. The molecular weight excluding hydrogens is 259 g/mol. The van der Waals surface area contributed by atoms with Gasteiger partial charge in [0.2, 0.25) is 0 Å². The summed E-state index contributed by atoms with van der Waals surface area (Å²) in [6.45, 7) is 15.0. The zero-order chi connectivity index (χ0) is 15.3. The summed E-state index contributed by atoms with van der Waals surface area (Å²) < 4.78 is 0. The number of likely N-dealkylation sites (N-methyl/N-ethyl adjacent to an activating group) is 2. The summed E-state index contributed by atoms with van der Waals surface area (Å²) in [6.07, 6.45) is 0. The van der Waals surface area contributed by atoms with Crippen molar-refractivity contribution in [3.05, 3.63) is 30.3 Å². The number of hydrogen-bond donors (Lipinski definition) is 0. The first-order valence-corrected chi connectivity index (χ1v) is 10.6. The molecule has 0 saturated carbocycles. The molecule has 1 aromatic carbocycles. The van der Waals surface area contributed by atoms with E-state index in [9.17, 15) is 0 Å². The van der Waals surface area contributed by atoms with Crippen LogP contribution in [-0.2, 0) is 0 Å². The Morgan fingerprint density at radius 1 is 0.850 bits per heavy atom. The molecule has 1 aliphatic heterocycles. The number of rotatable bonds is 2. The molecule has 0 spiro atoms. The van der Waals surface area contributed by atoms with Crippen molar-refractivity contribution in [3.8, 4) is 0 Å². The maximum absolute atomic E-state index is 2.60. The van der Waals surface area contributed by atoms with Crippen LogP contribution in [0.5, 0.6) is 0 Å². The van der Waals surface area contributed by atoms with Crippen LogP contribution in [0, 0.1) is 0 Å². The molecular formula is C16H29BN2Si. The van der Waals surface area contributed by atoms with Crippen LogP contribution >= 0.6 is 0 Å². The van der Waals surface area contributed by atoms with Gasteiger partial charge in [-0.05, 0) is 41.8 Å². The van der Waals surface area contributed by atoms with Gasteiger partial charge in [0, 0.05) is 11.1 Å². The molecule has 1 heterocycles. The van der Waals surface area contributed by atoms with Gasteiger partial charge in [-0.15, -0.1) is 0 Å². The second-order valence-electron chi connectivity index (χ2n) is 7.80. The molecule has 4 heteroatoms. The smallest absolute Gasteiger partial charge is 0.301 e. The molecule has 0 N–H and O–H groups in total. The van der Waals surface area contributed by atoms with E-state index >= 15 is 0 Å². The Labute approximate surface area is 126 Å². The first kappa shape index (κ1) is 15.8. The largest absolute Gasteiger partial charge is 0.327 e. The number of benzene rings is 1. The van der Waals surface area contributed by atoms with E-state index in [2.05, 4.69) is 94.8 Å². The van der Waals surface area contributed by atoms with Crippen LogP contribution in [0.25, 0.3) is 0 Å². The molecule has 0 radical (unpaired) electrons. The first-order chi connectivity index (χ1) is 9.04. The van der Waals surface area contributed by atoms with Crippen molar-refractivity contribution in [1.82, 2.24) is 9.62 Å². The average molecular weight is 288 g/mol. The SMILES string of the molecule is CN1B([Si](C)(C)c2ccccc2)N(C)C(C)(C)C1(C)C. The number of nitrogens with zero attached hydrogens (tertiary/aromatic N) is 2. The molecule has 1 aromatic rings. The van der Waals surface area contributed by atoms with Crippen LogP contribution in [-0.4, -0.2) is 49.3 Å². The molecule has 2 nitrogen and oxygen atoms in total. The molecule has 1 aliphatic rings. The van der Waals surface area contributed by atoms with Gasteiger partial charge in [-0.1, -0.05) is 48.6 Å². The third kappa shape index (κ3) is 2.00. The van der Waals surface area contributed by atoms with Crippen molar-refractivity contribution in [3.63, 3.8) is 0 Å². The average Bonchev–Trinajstić information content (AvgIpc) is 2.49. The van der Waals surface area contributed by atoms with Gasteiger partial charge >= 0.3 is 6.57 Å². The van der Waals surface area contributed by atoms with Gasteiger partial charge in [-0.2, -0.15) is 0 Å². The van der Waals surface area contributed by atoms with E-state index in [-0.39, 0.29) is 11.1 Å². The summed E-state index contributed by atoms with van der Waals surface area (Å²) in [5.74, 6) is 0. The maximum Gasteiger partial charge on any atom is 0.301 e. The zero-order valence-electron chi connectivity index (χ0n) is 14.4. The molecule has 0 atom stereocenters. The predicted octanol–water partition coefficient (Wildman–Crippen LogP) is 2.60. The van der Waals surface area contributed by atoms with Crippen molar-refractivity contribution in [1.29, 1.82) is 0 Å². The van der Waals surface area contributed by atoms with E-state index in [0.717, 1.165) is 0 Å². The molecule has 0 aromatic heterocycles. The van der Waals surface area contributed by atoms with E-state index in [1.54, 1.807) is 0 Å². The van der Waals surface area contributed by atoms with Crippen molar-refractivity contribution in [2.45, 2.75) is 51.9 Å². The third-order valence-electron chi connectivity index (χ3n) is 6.16. The Balaban J connectivity index is 2.48. The summed E-state index contributed by atoms with van der Waals surface area (Å²) in [6, 6.07) is 11.1. The Morgan fingerprint density at radius 2 is 1.25 bits per heavy atom. The summed E-state index contributed by atoms with van der Waals surface area (Å²) in [5.41, 5.74) is 0.344. The quantitative estimate of drug-likeness (QED) is 0.772. The standard InChI is InChI=1S/C16H29BN2Si/c1-15(2)16(3,4)19(6)17(18(15)5)20(7,8)14-12-10-9-11-13-14/h9-13H,1-8H3. The fraction of sp³-hybridized carbons (Fsp3) is 0.625. The minimum Gasteiger partial charge on any atom is -0.327 e. The normalized spacial score (nSPS) is 23.3. The van der Waals surface area contributed by atoms with Gasteiger partial charge in [0.1, 0.15) is 0 Å². The molecule has 0 unspecified atom stereocenters. The van der Waals surface area contributed by atoms with Crippen LogP contribution in [0.4, 0.5) is 0 Å². The molecule has 110 valence electrons. The van der Waals surface area contributed by atoms with Gasteiger partial charge in [0.25, 0.3) is 0 Å². The Hall–Kier alpha value is -0.578. The first-order valence-electron chi connectivity index (χ1n) is 7.56. The highest BCUT2D eigenvalue weighted by Crippen LogP contribution is 2.41. The Kier molecular flexibility index (Phi) is 3.73. The Bertz CT molecular complexity index is 465. The summed E-state index contributed by atoms with van der Waals surface area (Å²) in [4.78, 5) is 5.21. The van der Waals surface area contributed by atoms with Crippen molar-refractivity contribution in [2.75, 3.05) is 14.1 Å². The molecule has 20 heavy (non-hydrogen) atoms. The van der Waals surface area contributed by atoms with E-state index in [1.807, 2.05) is 0 Å². The fourth-order valence-corrected chi connectivity index (χ4v) is 7.65. The second-order valence-corrected chi connectivity index (χ2v) is 12.3. The van der Waals surface area contributed by atoms with Crippen LogP contribution in [0.15, 0.2) is 30.3 Å². The molecule has 1 saturated heterocycles. The molecule has 0 aliphatic carbocycles. The minimum absolute atomic E-state index is 0.172. The van der Waals surface area contributed by atoms with Crippen LogP contribution in [0.2, 0.25) is 13.1 Å². The highest BCUT2D eigenvalue weighted by atomic mass is 28.3. The molecule has 2 rings (SSSR count). The highest BCUT2D eigenvalue weighted by Gasteiger charge is 2.61. The van der Waals surface area contributed by atoms with Crippen molar-refractivity contribution >= 4 is 19.7 Å². The van der Waals surface area contributed by atoms with E-state index in [0.29, 0.717) is 6.57 Å². The van der Waals surface area contributed by atoms with E-state index in [4.69, 9.17) is 0 Å².